The number of hydrogen-bond donors (Lipinski definition) is 1. The summed E-state index contributed by atoms with van der Waals surface area (Å²) in [6.45, 7) is 10.1. The van der Waals surface area contributed by atoms with Gasteiger partial charge in [0.2, 0.25) is 5.69 Å². The molecule has 6 nitrogen and oxygen atoms in total. The third-order valence-corrected chi connectivity index (χ3v) is 6.71. The zero-order valence-electron chi connectivity index (χ0n) is 18.9. The molecule has 1 saturated heterocycles. The molecule has 0 radical (unpaired) electrons. The number of piperidine rings is 1. The number of hydrogen-bond acceptors (Lipinski definition) is 4. The molecule has 2 aliphatic rings. The van der Waals surface area contributed by atoms with E-state index in [1.807, 2.05) is 4.90 Å². The number of benzene rings is 2. The van der Waals surface area contributed by atoms with E-state index in [0.29, 0.717) is 41.3 Å². The Morgan fingerprint density at radius 1 is 1.06 bits per heavy atom. The molecule has 2 heterocycles. The van der Waals surface area contributed by atoms with E-state index < -0.39 is 5.82 Å². The number of anilines is 1. The van der Waals surface area contributed by atoms with Crippen LogP contribution in [0.2, 0.25) is 0 Å². The summed E-state index contributed by atoms with van der Waals surface area (Å²) >= 11 is 0. The van der Waals surface area contributed by atoms with Crippen molar-refractivity contribution in [1.29, 1.82) is 0 Å². The van der Waals surface area contributed by atoms with Crippen LogP contribution in [0.25, 0.3) is 21.9 Å². The van der Waals surface area contributed by atoms with Gasteiger partial charge in [-0.15, -0.1) is 0 Å². The van der Waals surface area contributed by atoms with Gasteiger partial charge in [0.15, 0.2) is 0 Å². The first kappa shape index (κ1) is 22.2. The van der Waals surface area contributed by atoms with Gasteiger partial charge in [0.25, 0.3) is 5.56 Å². The van der Waals surface area contributed by atoms with Crippen LogP contribution in [0.3, 0.4) is 0 Å². The van der Waals surface area contributed by atoms with E-state index in [0.717, 1.165) is 25.7 Å². The van der Waals surface area contributed by atoms with Crippen molar-refractivity contribution in [1.82, 2.24) is 9.55 Å². The normalized spacial score (nSPS) is 16.5. The quantitative estimate of drug-likeness (QED) is 0.565. The molecule has 8 heteroatoms. The minimum absolute atomic E-state index is 0.111. The first-order chi connectivity index (χ1) is 16.4. The maximum absolute atomic E-state index is 14.9. The lowest BCUT2D eigenvalue weighted by Crippen LogP contribution is -2.41. The van der Waals surface area contributed by atoms with E-state index in [9.17, 15) is 13.6 Å². The summed E-state index contributed by atoms with van der Waals surface area (Å²) in [7, 11) is 0. The fraction of sp³-hybridized carbons (Fsp3) is 0.346. The highest BCUT2D eigenvalue weighted by Gasteiger charge is 2.28. The zero-order chi connectivity index (χ0) is 24.0. The summed E-state index contributed by atoms with van der Waals surface area (Å²) in [5.74, 6) is -0.107. The molecule has 2 aromatic carbocycles. The van der Waals surface area contributed by atoms with Gasteiger partial charge in [-0.1, -0.05) is 18.2 Å². The zero-order valence-corrected chi connectivity index (χ0v) is 18.9. The van der Waals surface area contributed by atoms with E-state index >= 15 is 0 Å². The van der Waals surface area contributed by atoms with Crippen molar-refractivity contribution in [3.63, 3.8) is 0 Å². The molecule has 1 aromatic heterocycles. The highest BCUT2D eigenvalue weighted by atomic mass is 19.1. The molecular formula is C26H25F2N5O. The summed E-state index contributed by atoms with van der Waals surface area (Å²) in [6, 6.07) is 9.02. The Kier molecular flexibility index (Phi) is 5.66. The van der Waals surface area contributed by atoms with Crippen LogP contribution in [0, 0.1) is 25.1 Å². The van der Waals surface area contributed by atoms with E-state index in [-0.39, 0.29) is 34.8 Å². The number of halogens is 2. The Morgan fingerprint density at radius 2 is 1.79 bits per heavy atom. The van der Waals surface area contributed by atoms with E-state index in [1.165, 1.54) is 22.8 Å². The third-order valence-electron chi connectivity index (χ3n) is 6.71. The van der Waals surface area contributed by atoms with Crippen LogP contribution in [-0.4, -0.2) is 28.7 Å². The van der Waals surface area contributed by atoms with Crippen molar-refractivity contribution in [2.75, 3.05) is 18.0 Å². The molecule has 0 unspecified atom stereocenters. The second-order valence-corrected chi connectivity index (χ2v) is 9.11. The Hall–Kier alpha value is -3.57. The maximum Gasteiger partial charge on any atom is 0.263 e. The van der Waals surface area contributed by atoms with Crippen LogP contribution >= 0.6 is 0 Å². The average Bonchev–Trinajstić information content (AvgIpc) is 3.66. The van der Waals surface area contributed by atoms with Crippen LogP contribution in [0.4, 0.5) is 20.3 Å². The Morgan fingerprint density at radius 3 is 2.41 bits per heavy atom. The van der Waals surface area contributed by atoms with Gasteiger partial charge in [0, 0.05) is 24.7 Å². The Bertz CT molecular complexity index is 1360. The topological polar surface area (TPSA) is 68.5 Å². The first-order valence-corrected chi connectivity index (χ1v) is 11.5. The smallest absolute Gasteiger partial charge is 0.263 e. The fourth-order valence-electron chi connectivity index (χ4n) is 4.56. The molecule has 34 heavy (non-hydrogen) atoms. The predicted molar refractivity (Wildman–Crippen MR) is 128 cm³/mol. The SMILES string of the molecule is [C-]#[N+]c1ccc(-c2nc(N3CCC(N)CC3)c(C)c(=O)n2-c2ccc(C3CC3)c(F)c2)cc1F. The van der Waals surface area contributed by atoms with Crippen molar-refractivity contribution >= 4 is 11.5 Å². The molecule has 3 aromatic rings. The summed E-state index contributed by atoms with van der Waals surface area (Å²) in [4.78, 5) is 23.7. The van der Waals surface area contributed by atoms with Crippen molar-refractivity contribution in [3.8, 4) is 17.1 Å². The van der Waals surface area contributed by atoms with Crippen LogP contribution in [0.1, 0.15) is 42.7 Å². The molecule has 2 fully saturated rings. The molecule has 1 aliphatic heterocycles. The predicted octanol–water partition coefficient (Wildman–Crippen LogP) is 4.84. The molecule has 0 atom stereocenters. The largest absolute Gasteiger partial charge is 0.356 e. The van der Waals surface area contributed by atoms with Gasteiger partial charge in [-0.25, -0.2) is 18.6 Å². The molecular weight excluding hydrogens is 436 g/mol. The van der Waals surface area contributed by atoms with Crippen molar-refractivity contribution in [2.24, 2.45) is 5.73 Å². The second kappa shape index (κ2) is 8.65. The molecule has 5 rings (SSSR count). The Labute approximate surface area is 196 Å². The number of rotatable bonds is 4. The monoisotopic (exact) mass is 461 g/mol. The third kappa shape index (κ3) is 3.97. The molecule has 1 saturated carbocycles. The van der Waals surface area contributed by atoms with Gasteiger partial charge in [0.1, 0.15) is 23.3 Å². The standard InChI is InChI=1S/C26H25F2N5O/c1-15-24(32-11-9-18(29)10-12-32)31-25(17-5-8-23(30-2)22(28)13-17)33(26(15)34)19-6-7-20(16-3-4-16)21(27)14-19/h5-8,13-14,16,18H,3-4,9-12,29H2,1H3. The minimum Gasteiger partial charge on any atom is -0.356 e. The van der Waals surface area contributed by atoms with Gasteiger partial charge in [-0.3, -0.25) is 9.36 Å². The van der Waals surface area contributed by atoms with Gasteiger partial charge in [0.05, 0.1) is 17.8 Å². The van der Waals surface area contributed by atoms with Gasteiger partial charge in [-0.05, 0) is 62.3 Å². The van der Waals surface area contributed by atoms with Crippen molar-refractivity contribution < 1.29 is 8.78 Å². The summed E-state index contributed by atoms with van der Waals surface area (Å²) in [6.07, 6.45) is 3.48. The average molecular weight is 462 g/mol. The molecule has 0 spiro atoms. The summed E-state index contributed by atoms with van der Waals surface area (Å²) in [5.41, 5.74) is 7.34. The summed E-state index contributed by atoms with van der Waals surface area (Å²) < 4.78 is 30.8. The van der Waals surface area contributed by atoms with E-state index in [4.69, 9.17) is 17.3 Å². The lowest BCUT2D eigenvalue weighted by Gasteiger charge is -2.32. The maximum atomic E-state index is 14.9. The lowest BCUT2D eigenvalue weighted by atomic mass is 10.1. The molecule has 0 bridgehead atoms. The second-order valence-electron chi connectivity index (χ2n) is 9.11. The lowest BCUT2D eigenvalue weighted by molar-refractivity contribution is 0.497. The Balaban J connectivity index is 1.71. The molecule has 0 amide bonds. The van der Waals surface area contributed by atoms with Gasteiger partial charge >= 0.3 is 0 Å². The van der Waals surface area contributed by atoms with Gasteiger partial charge < -0.3 is 10.6 Å². The van der Waals surface area contributed by atoms with E-state index in [1.54, 1.807) is 25.1 Å². The minimum atomic E-state index is -0.699. The number of nitrogens with zero attached hydrogens (tertiary/aromatic N) is 4. The van der Waals surface area contributed by atoms with Crippen molar-refractivity contribution in [2.45, 2.75) is 44.6 Å². The highest BCUT2D eigenvalue weighted by Crippen LogP contribution is 2.41. The fourth-order valence-corrected chi connectivity index (χ4v) is 4.56. The molecule has 2 N–H and O–H groups in total. The molecule has 1 aliphatic carbocycles. The van der Waals surface area contributed by atoms with Gasteiger partial charge in [-0.2, -0.15) is 0 Å². The van der Waals surface area contributed by atoms with Crippen LogP contribution in [0.15, 0.2) is 41.2 Å². The summed E-state index contributed by atoms with van der Waals surface area (Å²) in [5, 5.41) is 0. The van der Waals surface area contributed by atoms with E-state index in [2.05, 4.69) is 4.85 Å². The number of aromatic nitrogens is 2. The highest BCUT2D eigenvalue weighted by molar-refractivity contribution is 5.66. The number of nitrogens with two attached hydrogens (primary N) is 1. The molecule has 174 valence electrons. The first-order valence-electron chi connectivity index (χ1n) is 11.5. The van der Waals surface area contributed by atoms with Crippen LogP contribution in [0.5, 0.6) is 0 Å². The van der Waals surface area contributed by atoms with Crippen molar-refractivity contribution in [3.05, 3.63) is 80.9 Å². The van der Waals surface area contributed by atoms with Crippen LogP contribution in [-0.2, 0) is 0 Å². The van der Waals surface area contributed by atoms with Crippen LogP contribution < -0.4 is 16.2 Å².